The van der Waals surface area contributed by atoms with E-state index < -0.39 is 0 Å². The van der Waals surface area contributed by atoms with Gasteiger partial charge in [-0.1, -0.05) is 6.08 Å². The minimum absolute atomic E-state index is 0.0679. The predicted octanol–water partition coefficient (Wildman–Crippen LogP) is 2.89. The number of methoxy groups -OCH3 is 2. The average Bonchev–Trinajstić information content (AvgIpc) is 2.65. The number of carbonyl (C=O) groups excluding carboxylic acids is 1. The third-order valence-corrected chi connectivity index (χ3v) is 4.87. The number of ether oxygens (including phenoxy) is 2. The molecule has 5 nitrogen and oxygen atoms in total. The number of hydrogen-bond acceptors (Lipinski definition) is 4. The van der Waals surface area contributed by atoms with Gasteiger partial charge in [-0.25, -0.2) is 0 Å². The first-order valence-electron chi connectivity index (χ1n) is 8.94. The maximum absolute atomic E-state index is 12.9. The lowest BCUT2D eigenvalue weighted by Gasteiger charge is -2.32. The molecule has 0 atom stereocenters. The van der Waals surface area contributed by atoms with Gasteiger partial charge in [0, 0.05) is 24.2 Å². The van der Waals surface area contributed by atoms with Crippen molar-refractivity contribution in [2.45, 2.75) is 25.7 Å². The molecule has 138 valence electrons. The van der Waals surface area contributed by atoms with Gasteiger partial charge in [0.05, 0.1) is 14.2 Å². The van der Waals surface area contributed by atoms with E-state index >= 15 is 0 Å². The van der Waals surface area contributed by atoms with Crippen molar-refractivity contribution >= 4 is 5.91 Å². The molecule has 1 aromatic carbocycles. The molecule has 1 N–H and O–H groups in total. The highest BCUT2D eigenvalue weighted by Gasteiger charge is 2.25. The predicted molar refractivity (Wildman–Crippen MR) is 101 cm³/mol. The standard InChI is InChI=1S/C20H30N2O3/c1-5-6-16-13-17(14-18(24-3)19(16)25-4)20(23)22-11-8-15(9-12-22)7-10-21-2/h5,13-15,21H,1,6-12H2,2-4H3. The zero-order valence-electron chi connectivity index (χ0n) is 15.6. The van der Waals surface area contributed by atoms with E-state index in [2.05, 4.69) is 11.9 Å². The number of amides is 1. The Morgan fingerprint density at radius 2 is 2.04 bits per heavy atom. The van der Waals surface area contributed by atoms with Gasteiger partial charge in [0.15, 0.2) is 11.5 Å². The van der Waals surface area contributed by atoms with Crippen molar-refractivity contribution in [2.24, 2.45) is 5.92 Å². The average molecular weight is 346 g/mol. The monoisotopic (exact) mass is 346 g/mol. The van der Waals surface area contributed by atoms with Crippen LogP contribution in [0.5, 0.6) is 11.5 Å². The summed E-state index contributed by atoms with van der Waals surface area (Å²) < 4.78 is 10.9. The topological polar surface area (TPSA) is 50.8 Å². The Bertz CT molecular complexity index is 593. The van der Waals surface area contributed by atoms with Crippen LogP contribution in [0.3, 0.4) is 0 Å². The van der Waals surface area contributed by atoms with Crippen LogP contribution in [-0.4, -0.2) is 51.7 Å². The first-order chi connectivity index (χ1) is 12.1. The normalized spacial score (nSPS) is 15.1. The molecule has 0 aromatic heterocycles. The highest BCUT2D eigenvalue weighted by Crippen LogP contribution is 2.34. The lowest BCUT2D eigenvalue weighted by atomic mass is 9.93. The number of carbonyl (C=O) groups is 1. The zero-order chi connectivity index (χ0) is 18.2. The molecule has 0 radical (unpaired) electrons. The summed E-state index contributed by atoms with van der Waals surface area (Å²) in [6.45, 7) is 6.46. The summed E-state index contributed by atoms with van der Waals surface area (Å²) in [6, 6.07) is 3.68. The van der Waals surface area contributed by atoms with Gasteiger partial charge >= 0.3 is 0 Å². The molecule has 1 amide bonds. The minimum atomic E-state index is 0.0679. The fourth-order valence-electron chi connectivity index (χ4n) is 3.43. The summed E-state index contributed by atoms with van der Waals surface area (Å²) in [5.74, 6) is 2.04. The number of nitrogens with zero attached hydrogens (tertiary/aromatic N) is 1. The number of piperidine rings is 1. The first kappa shape index (κ1) is 19.3. The lowest BCUT2D eigenvalue weighted by Crippen LogP contribution is -2.39. The van der Waals surface area contributed by atoms with Crippen LogP contribution in [0.15, 0.2) is 24.8 Å². The Balaban J connectivity index is 2.14. The second kappa shape index (κ2) is 9.47. The maximum atomic E-state index is 12.9. The van der Waals surface area contributed by atoms with Crippen LogP contribution in [0, 0.1) is 5.92 Å². The fraction of sp³-hybridized carbons (Fsp3) is 0.550. The van der Waals surface area contributed by atoms with Crippen LogP contribution in [0.4, 0.5) is 0 Å². The Hall–Kier alpha value is -2.01. The maximum Gasteiger partial charge on any atom is 0.254 e. The molecule has 2 rings (SSSR count). The summed E-state index contributed by atoms with van der Waals surface area (Å²) in [4.78, 5) is 14.9. The van der Waals surface area contributed by atoms with E-state index in [1.165, 1.54) is 6.42 Å². The van der Waals surface area contributed by atoms with E-state index in [1.807, 2.05) is 18.0 Å². The molecule has 0 unspecified atom stereocenters. The Morgan fingerprint density at radius 1 is 1.32 bits per heavy atom. The number of allylic oxidation sites excluding steroid dienone is 1. The molecule has 0 spiro atoms. The SMILES string of the molecule is C=CCc1cc(C(=O)N2CCC(CCNC)CC2)cc(OC)c1OC. The van der Waals surface area contributed by atoms with E-state index in [0.717, 1.165) is 38.0 Å². The molecule has 1 aromatic rings. The van der Waals surface area contributed by atoms with Crippen molar-refractivity contribution in [2.75, 3.05) is 40.9 Å². The van der Waals surface area contributed by atoms with Gasteiger partial charge in [-0.2, -0.15) is 0 Å². The van der Waals surface area contributed by atoms with Crippen LogP contribution in [0.2, 0.25) is 0 Å². The first-order valence-corrected chi connectivity index (χ1v) is 8.94. The molecule has 1 saturated heterocycles. The van der Waals surface area contributed by atoms with Gasteiger partial charge in [-0.15, -0.1) is 6.58 Å². The second-order valence-corrected chi connectivity index (χ2v) is 6.49. The van der Waals surface area contributed by atoms with Crippen LogP contribution >= 0.6 is 0 Å². The fourth-order valence-corrected chi connectivity index (χ4v) is 3.43. The van der Waals surface area contributed by atoms with Gasteiger partial charge in [0.1, 0.15) is 0 Å². The Kier molecular flexibility index (Phi) is 7.31. The van der Waals surface area contributed by atoms with Crippen LogP contribution < -0.4 is 14.8 Å². The molecule has 0 saturated carbocycles. The summed E-state index contributed by atoms with van der Waals surface area (Å²) in [6.07, 6.45) is 5.75. The van der Waals surface area contributed by atoms with Crippen molar-refractivity contribution < 1.29 is 14.3 Å². The Labute approximate surface area is 151 Å². The smallest absolute Gasteiger partial charge is 0.254 e. The summed E-state index contributed by atoms with van der Waals surface area (Å²) in [5, 5.41) is 3.20. The third kappa shape index (κ3) is 4.75. The van der Waals surface area contributed by atoms with Crippen LogP contribution in [0.1, 0.15) is 35.2 Å². The van der Waals surface area contributed by atoms with Crippen molar-refractivity contribution in [1.82, 2.24) is 10.2 Å². The van der Waals surface area contributed by atoms with E-state index in [0.29, 0.717) is 29.4 Å². The summed E-state index contributed by atoms with van der Waals surface area (Å²) in [5.41, 5.74) is 1.58. The van der Waals surface area contributed by atoms with E-state index in [9.17, 15) is 4.79 Å². The van der Waals surface area contributed by atoms with E-state index in [1.54, 1.807) is 26.4 Å². The number of likely N-dealkylation sites (tertiary alicyclic amines) is 1. The van der Waals surface area contributed by atoms with Gasteiger partial charge in [-0.05, 0) is 57.3 Å². The number of nitrogens with one attached hydrogen (secondary N) is 1. The zero-order valence-corrected chi connectivity index (χ0v) is 15.6. The van der Waals surface area contributed by atoms with Gasteiger partial charge in [0.2, 0.25) is 0 Å². The summed E-state index contributed by atoms with van der Waals surface area (Å²) >= 11 is 0. The lowest BCUT2D eigenvalue weighted by molar-refractivity contribution is 0.0686. The van der Waals surface area contributed by atoms with E-state index in [-0.39, 0.29) is 5.91 Å². The molecule has 1 aliphatic heterocycles. The quantitative estimate of drug-likeness (QED) is 0.736. The molecule has 0 aliphatic carbocycles. The molecular formula is C20H30N2O3. The number of benzene rings is 1. The molecule has 5 heteroatoms. The van der Waals surface area contributed by atoms with Crippen molar-refractivity contribution in [1.29, 1.82) is 0 Å². The Morgan fingerprint density at radius 3 is 2.60 bits per heavy atom. The van der Waals surface area contributed by atoms with Gasteiger partial charge in [0.25, 0.3) is 5.91 Å². The number of hydrogen-bond donors (Lipinski definition) is 1. The largest absolute Gasteiger partial charge is 0.493 e. The molecule has 25 heavy (non-hydrogen) atoms. The minimum Gasteiger partial charge on any atom is -0.493 e. The highest BCUT2D eigenvalue weighted by atomic mass is 16.5. The van der Waals surface area contributed by atoms with Gasteiger partial charge in [-0.3, -0.25) is 4.79 Å². The molecular weight excluding hydrogens is 316 g/mol. The number of rotatable bonds is 8. The highest BCUT2D eigenvalue weighted by molar-refractivity contribution is 5.95. The van der Waals surface area contributed by atoms with Crippen LogP contribution in [-0.2, 0) is 6.42 Å². The van der Waals surface area contributed by atoms with Crippen molar-refractivity contribution in [3.63, 3.8) is 0 Å². The third-order valence-electron chi connectivity index (χ3n) is 4.87. The summed E-state index contributed by atoms with van der Waals surface area (Å²) in [7, 11) is 5.19. The second-order valence-electron chi connectivity index (χ2n) is 6.49. The van der Waals surface area contributed by atoms with Crippen molar-refractivity contribution in [3.05, 3.63) is 35.9 Å². The van der Waals surface area contributed by atoms with Gasteiger partial charge < -0.3 is 19.7 Å². The van der Waals surface area contributed by atoms with E-state index in [4.69, 9.17) is 9.47 Å². The van der Waals surface area contributed by atoms with Crippen LogP contribution in [0.25, 0.3) is 0 Å². The molecule has 1 fully saturated rings. The molecule has 1 heterocycles. The van der Waals surface area contributed by atoms with Crippen molar-refractivity contribution in [3.8, 4) is 11.5 Å². The molecule has 1 aliphatic rings. The molecule has 0 bridgehead atoms.